The van der Waals surface area contributed by atoms with Crippen molar-refractivity contribution in [3.63, 3.8) is 0 Å². The quantitative estimate of drug-likeness (QED) is 0.655. The molecule has 1 heteroatoms. The minimum absolute atomic E-state index is 0.911. The van der Waals surface area contributed by atoms with Gasteiger partial charge in [0.15, 0.2) is 0 Å². The zero-order valence-electron chi connectivity index (χ0n) is 7.08. The monoisotopic (exact) mass is 159 g/mol. The van der Waals surface area contributed by atoms with Crippen LogP contribution in [0.5, 0.6) is 0 Å². The number of hydrogen-bond acceptors (Lipinski definition) is 1. The van der Waals surface area contributed by atoms with Crippen LogP contribution in [0.4, 0.5) is 0 Å². The summed E-state index contributed by atoms with van der Waals surface area (Å²) in [6.07, 6.45) is 3.01. The topological polar surface area (TPSA) is 13.1 Å². The first-order valence-corrected chi connectivity index (χ1v) is 4.15. The van der Waals surface area contributed by atoms with Crippen molar-refractivity contribution in [2.45, 2.75) is 13.3 Å². The van der Waals surface area contributed by atoms with Crippen LogP contribution >= 0.6 is 0 Å². The predicted molar refractivity (Wildman–Crippen MR) is 49.9 cm³/mol. The highest BCUT2D eigenvalue weighted by Gasteiger charge is 2.00. The van der Waals surface area contributed by atoms with Crippen molar-refractivity contribution in [2.75, 3.05) is 0 Å². The Labute approximate surface area is 72.0 Å². The Bertz CT molecular complexity index is 340. The van der Waals surface area contributed by atoms with E-state index in [0.717, 1.165) is 17.8 Å². The fourth-order valence-corrected chi connectivity index (χ4v) is 1.34. The summed E-state index contributed by atoms with van der Waals surface area (Å²) < 4.78 is 5.58. The molecule has 1 heterocycles. The number of para-hydroxylation sites is 1. The summed E-state index contributed by atoms with van der Waals surface area (Å²) in [6, 6.07) is 10.2. The minimum atomic E-state index is 0.911. The van der Waals surface area contributed by atoms with E-state index in [-0.39, 0.29) is 0 Å². The molecule has 2 rings (SSSR count). The van der Waals surface area contributed by atoms with E-state index >= 15 is 0 Å². The van der Waals surface area contributed by atoms with Gasteiger partial charge in [0.1, 0.15) is 11.3 Å². The van der Waals surface area contributed by atoms with E-state index in [4.69, 9.17) is 4.42 Å². The van der Waals surface area contributed by atoms with Crippen LogP contribution < -0.4 is 0 Å². The smallest absolute Gasteiger partial charge is 0.134 e. The van der Waals surface area contributed by atoms with Crippen molar-refractivity contribution in [2.24, 2.45) is 0 Å². The molecule has 0 aliphatic carbocycles. The maximum atomic E-state index is 5.58. The van der Waals surface area contributed by atoms with Crippen LogP contribution in [0.3, 0.4) is 0 Å². The Morgan fingerprint density at radius 2 is 2.17 bits per heavy atom. The fourth-order valence-electron chi connectivity index (χ4n) is 1.34. The lowest BCUT2D eigenvalue weighted by molar-refractivity contribution is 0.560. The molecule has 0 fully saturated rings. The van der Waals surface area contributed by atoms with Crippen LogP contribution in [-0.4, -0.2) is 0 Å². The molecule has 0 N–H and O–H groups in total. The lowest BCUT2D eigenvalue weighted by atomic mass is 10.2. The summed E-state index contributed by atoms with van der Waals surface area (Å²) in [5, 5.41) is 1.19. The number of hydrogen-bond donors (Lipinski definition) is 0. The van der Waals surface area contributed by atoms with Crippen molar-refractivity contribution in [1.29, 1.82) is 0 Å². The molecule has 1 aromatic carbocycles. The van der Waals surface area contributed by atoms with Gasteiger partial charge in [0.2, 0.25) is 0 Å². The van der Waals surface area contributed by atoms with Gasteiger partial charge in [-0.1, -0.05) is 25.1 Å². The van der Waals surface area contributed by atoms with Crippen molar-refractivity contribution in [1.82, 2.24) is 0 Å². The fraction of sp³-hybridized carbons (Fsp3) is 0.182. The van der Waals surface area contributed by atoms with Crippen LogP contribution in [0, 0.1) is 6.42 Å². The molecule has 0 unspecified atom stereocenters. The lowest BCUT2D eigenvalue weighted by Crippen LogP contribution is -1.75. The van der Waals surface area contributed by atoms with Crippen molar-refractivity contribution < 1.29 is 4.42 Å². The predicted octanol–water partition coefficient (Wildman–Crippen LogP) is 3.20. The van der Waals surface area contributed by atoms with E-state index in [9.17, 15) is 0 Å². The molecule has 1 aromatic heterocycles. The van der Waals surface area contributed by atoms with Crippen LogP contribution in [0.1, 0.15) is 12.7 Å². The first-order chi connectivity index (χ1) is 5.90. The second kappa shape index (κ2) is 3.02. The SMILES string of the molecule is C[CH]Cc1cc2ccccc2o1. The largest absolute Gasteiger partial charge is 0.461 e. The van der Waals surface area contributed by atoms with E-state index in [1.54, 1.807) is 0 Å². The first kappa shape index (κ1) is 7.41. The van der Waals surface area contributed by atoms with Crippen molar-refractivity contribution in [3.8, 4) is 0 Å². The molecule has 0 aliphatic rings. The average molecular weight is 159 g/mol. The zero-order chi connectivity index (χ0) is 8.39. The minimum Gasteiger partial charge on any atom is -0.461 e. The summed E-state index contributed by atoms with van der Waals surface area (Å²) in [5.41, 5.74) is 0.981. The van der Waals surface area contributed by atoms with Crippen molar-refractivity contribution >= 4 is 11.0 Å². The molecular formula is C11H11O. The van der Waals surface area contributed by atoms with Gasteiger partial charge in [0.25, 0.3) is 0 Å². The molecule has 0 saturated carbocycles. The van der Waals surface area contributed by atoms with Crippen LogP contribution in [0.2, 0.25) is 0 Å². The molecule has 0 amide bonds. The normalized spacial score (nSPS) is 10.8. The Morgan fingerprint density at radius 3 is 2.92 bits per heavy atom. The third kappa shape index (κ3) is 1.22. The summed E-state index contributed by atoms with van der Waals surface area (Å²) in [4.78, 5) is 0. The maximum absolute atomic E-state index is 5.58. The molecule has 1 nitrogen and oxygen atoms in total. The van der Waals surface area contributed by atoms with Gasteiger partial charge in [-0.25, -0.2) is 0 Å². The van der Waals surface area contributed by atoms with Crippen LogP contribution in [0.25, 0.3) is 11.0 Å². The highest BCUT2D eigenvalue weighted by atomic mass is 16.3. The lowest BCUT2D eigenvalue weighted by Gasteiger charge is -1.87. The molecule has 0 aliphatic heterocycles. The van der Waals surface area contributed by atoms with Crippen molar-refractivity contribution in [3.05, 3.63) is 42.5 Å². The Balaban J connectivity index is 2.47. The van der Waals surface area contributed by atoms with E-state index in [1.165, 1.54) is 5.39 Å². The molecule has 0 atom stereocenters. The molecule has 0 spiro atoms. The molecule has 61 valence electrons. The molecule has 1 radical (unpaired) electrons. The molecule has 0 saturated heterocycles. The average Bonchev–Trinajstić information content (AvgIpc) is 2.47. The Morgan fingerprint density at radius 1 is 1.33 bits per heavy atom. The number of rotatable bonds is 2. The van der Waals surface area contributed by atoms with E-state index in [0.29, 0.717) is 0 Å². The van der Waals surface area contributed by atoms with E-state index < -0.39 is 0 Å². The summed E-state index contributed by atoms with van der Waals surface area (Å²) in [7, 11) is 0. The van der Waals surface area contributed by atoms with Gasteiger partial charge >= 0.3 is 0 Å². The summed E-state index contributed by atoms with van der Waals surface area (Å²) in [5.74, 6) is 1.04. The number of fused-ring (bicyclic) bond motifs is 1. The van der Waals surface area contributed by atoms with Crippen LogP contribution in [0.15, 0.2) is 34.7 Å². The van der Waals surface area contributed by atoms with Gasteiger partial charge in [0, 0.05) is 11.8 Å². The number of furan rings is 1. The third-order valence-electron chi connectivity index (χ3n) is 1.88. The molecule has 0 bridgehead atoms. The number of benzene rings is 1. The van der Waals surface area contributed by atoms with Gasteiger partial charge in [-0.3, -0.25) is 0 Å². The first-order valence-electron chi connectivity index (χ1n) is 4.15. The van der Waals surface area contributed by atoms with Gasteiger partial charge in [-0.15, -0.1) is 0 Å². The highest BCUT2D eigenvalue weighted by molar-refractivity contribution is 5.77. The highest BCUT2D eigenvalue weighted by Crippen LogP contribution is 2.19. The second-order valence-electron chi connectivity index (χ2n) is 2.86. The zero-order valence-corrected chi connectivity index (χ0v) is 7.08. The maximum Gasteiger partial charge on any atom is 0.134 e. The van der Waals surface area contributed by atoms with Gasteiger partial charge in [0.05, 0.1) is 0 Å². The van der Waals surface area contributed by atoms with Gasteiger partial charge < -0.3 is 4.42 Å². The van der Waals surface area contributed by atoms with E-state index in [2.05, 4.69) is 18.6 Å². The van der Waals surface area contributed by atoms with E-state index in [1.807, 2.05) is 25.1 Å². The molecule has 2 aromatic rings. The van der Waals surface area contributed by atoms with Crippen LogP contribution in [-0.2, 0) is 6.42 Å². The Kier molecular flexibility index (Phi) is 1.86. The van der Waals surface area contributed by atoms with Gasteiger partial charge in [-0.2, -0.15) is 0 Å². The standard InChI is InChI=1S/C11H11O/c1-2-5-10-8-9-6-3-4-7-11(9)12-10/h2-4,6-8H,5H2,1H3. The second-order valence-corrected chi connectivity index (χ2v) is 2.86. The summed E-state index contributed by atoms with van der Waals surface area (Å²) >= 11 is 0. The Hall–Kier alpha value is -1.24. The summed E-state index contributed by atoms with van der Waals surface area (Å²) in [6.45, 7) is 2.03. The van der Waals surface area contributed by atoms with Gasteiger partial charge in [-0.05, 0) is 18.6 Å². The molecule has 12 heavy (non-hydrogen) atoms. The molecular weight excluding hydrogens is 148 g/mol. The third-order valence-corrected chi connectivity index (χ3v) is 1.88.